The number of rotatable bonds is 7. The van der Waals surface area contributed by atoms with E-state index in [1.165, 1.54) is 26.8 Å². The lowest BCUT2D eigenvalue weighted by molar-refractivity contribution is -0.286. The van der Waals surface area contributed by atoms with Gasteiger partial charge in [0.05, 0.1) is 36.2 Å². The van der Waals surface area contributed by atoms with Gasteiger partial charge in [0.1, 0.15) is 23.9 Å². The Kier molecular flexibility index (Phi) is 12.6. The van der Waals surface area contributed by atoms with E-state index in [1.807, 2.05) is 53.6 Å². The van der Waals surface area contributed by atoms with Gasteiger partial charge < -0.3 is 38.1 Å². The van der Waals surface area contributed by atoms with Crippen LogP contribution in [0.2, 0.25) is 0 Å². The fourth-order valence-corrected chi connectivity index (χ4v) is 8.29. The SMILES string of the molecule is CC[C@H]1OC(=O)C[C@@H](OC(C)=O)[C@H](C)[C@@H](O[C@@H]2O[C@H](C)C[C@H](N(C)C)[C@H]2OC(C)=O)[C@H]2C[C@H](OC(C)=O)[C@@](C)(C2)C(=O)/C=C/[C@]2(C)O[C@H]2[C@H]1C. The highest BCUT2D eigenvalue weighted by atomic mass is 16.7. The Morgan fingerprint density at radius 1 is 0.920 bits per heavy atom. The fourth-order valence-electron chi connectivity index (χ4n) is 8.29. The molecular weight excluding hydrogens is 650 g/mol. The van der Waals surface area contributed by atoms with Crippen molar-refractivity contribution in [2.45, 2.75) is 155 Å². The standard InChI is InChI=1S/C37H57NO12/c1-12-27-21(4)34-37(9,50-34)14-13-29(42)36(8)18-25(16-30(36)46-23(6)40)32(20(3)28(45-22(5)39)17-31(43)48-27)49-35-33(47-24(7)41)26(38(10)11)15-19(2)44-35/h13-14,19-21,25-28,30,32-35H,12,15-18H2,1-11H3/b14-13+/t19-,20+,21+,25+,26+,27-,28-,30+,32-,33-,34+,35+,36+,37+/m1/s1. The summed E-state index contributed by atoms with van der Waals surface area (Å²) in [5, 5.41) is 0. The van der Waals surface area contributed by atoms with Gasteiger partial charge >= 0.3 is 23.9 Å². The summed E-state index contributed by atoms with van der Waals surface area (Å²) in [5.74, 6) is -3.68. The van der Waals surface area contributed by atoms with Crippen molar-refractivity contribution >= 4 is 29.7 Å². The van der Waals surface area contributed by atoms with Gasteiger partial charge in [-0.15, -0.1) is 0 Å². The number of ketones is 1. The minimum atomic E-state index is -1.14. The summed E-state index contributed by atoms with van der Waals surface area (Å²) in [4.78, 5) is 67.0. The molecule has 282 valence electrons. The van der Waals surface area contributed by atoms with Crippen molar-refractivity contribution in [3.63, 3.8) is 0 Å². The van der Waals surface area contributed by atoms with Gasteiger partial charge in [0.25, 0.3) is 0 Å². The Morgan fingerprint density at radius 2 is 1.56 bits per heavy atom. The third-order valence-electron chi connectivity index (χ3n) is 11.1. The van der Waals surface area contributed by atoms with E-state index in [-0.39, 0.29) is 49.2 Å². The minimum Gasteiger partial charge on any atom is -0.462 e. The molecule has 0 aromatic carbocycles. The number of likely N-dealkylation sites (N-methyl/N-ethyl adjacent to an activating group) is 1. The number of epoxide rings is 1. The van der Waals surface area contributed by atoms with Crippen molar-refractivity contribution in [1.29, 1.82) is 0 Å². The number of fused-ring (bicyclic) bond motifs is 3. The molecule has 3 heterocycles. The predicted molar refractivity (Wildman–Crippen MR) is 179 cm³/mol. The molecule has 0 N–H and O–H groups in total. The van der Waals surface area contributed by atoms with Gasteiger partial charge in [-0.05, 0) is 78.6 Å². The minimum absolute atomic E-state index is 0.198. The molecule has 0 unspecified atom stereocenters. The molecule has 0 aromatic rings. The number of nitrogens with zero attached hydrogens (tertiary/aromatic N) is 1. The molecule has 13 nitrogen and oxygen atoms in total. The van der Waals surface area contributed by atoms with Gasteiger partial charge in [-0.25, -0.2) is 0 Å². The van der Waals surface area contributed by atoms with Crippen LogP contribution in [0.15, 0.2) is 12.2 Å². The highest BCUT2D eigenvalue weighted by molar-refractivity contribution is 5.95. The Labute approximate surface area is 296 Å². The van der Waals surface area contributed by atoms with Crippen molar-refractivity contribution in [1.82, 2.24) is 4.90 Å². The second-order valence-electron chi connectivity index (χ2n) is 15.4. The maximum Gasteiger partial charge on any atom is 0.309 e. The van der Waals surface area contributed by atoms with Crippen LogP contribution >= 0.6 is 0 Å². The fraction of sp³-hybridized carbons (Fsp3) is 0.811. The third-order valence-corrected chi connectivity index (χ3v) is 11.1. The number of ether oxygens (including phenoxy) is 7. The molecule has 2 saturated heterocycles. The zero-order valence-electron chi connectivity index (χ0n) is 31.5. The van der Waals surface area contributed by atoms with E-state index >= 15 is 0 Å². The van der Waals surface area contributed by atoms with E-state index in [2.05, 4.69) is 0 Å². The summed E-state index contributed by atoms with van der Waals surface area (Å²) < 4.78 is 42.7. The summed E-state index contributed by atoms with van der Waals surface area (Å²) in [6.45, 7) is 15.1. The number of carbonyl (C=O) groups excluding carboxylic acids is 5. The van der Waals surface area contributed by atoms with Crippen molar-refractivity contribution < 1.29 is 57.1 Å². The van der Waals surface area contributed by atoms with E-state index in [1.54, 1.807) is 13.0 Å². The Morgan fingerprint density at radius 3 is 2.14 bits per heavy atom. The first-order valence-electron chi connectivity index (χ1n) is 17.9. The second-order valence-corrected chi connectivity index (χ2v) is 15.4. The molecule has 50 heavy (non-hydrogen) atoms. The van der Waals surface area contributed by atoms with Crippen LogP contribution in [0.1, 0.15) is 94.4 Å². The molecule has 2 bridgehead atoms. The van der Waals surface area contributed by atoms with Crippen LogP contribution < -0.4 is 0 Å². The molecule has 4 rings (SSSR count). The van der Waals surface area contributed by atoms with Gasteiger partial charge in [-0.1, -0.05) is 20.8 Å². The lowest BCUT2D eigenvalue weighted by atomic mass is 9.78. The molecule has 0 aromatic heterocycles. The molecule has 0 spiro atoms. The summed E-state index contributed by atoms with van der Waals surface area (Å²) in [7, 11) is 3.77. The molecule has 0 amide bonds. The zero-order valence-corrected chi connectivity index (χ0v) is 31.5. The Hall–Kier alpha value is -2.87. The molecule has 14 atom stereocenters. The summed E-state index contributed by atoms with van der Waals surface area (Å²) in [6, 6.07) is -0.245. The maximum atomic E-state index is 14.2. The van der Waals surface area contributed by atoms with Crippen LogP contribution in [0, 0.1) is 23.2 Å². The summed E-state index contributed by atoms with van der Waals surface area (Å²) in [5.41, 5.74) is -1.89. The van der Waals surface area contributed by atoms with E-state index in [0.717, 1.165) is 0 Å². The number of allylic oxidation sites excluding steroid dienone is 1. The monoisotopic (exact) mass is 707 g/mol. The first kappa shape index (κ1) is 39.9. The Balaban J connectivity index is 1.82. The van der Waals surface area contributed by atoms with E-state index in [4.69, 9.17) is 33.2 Å². The van der Waals surface area contributed by atoms with E-state index < -0.39 is 83.5 Å². The molecule has 0 radical (unpaired) electrons. The molecule has 13 heteroatoms. The predicted octanol–water partition coefficient (Wildman–Crippen LogP) is 3.93. The number of carbonyl (C=O) groups is 5. The van der Waals surface area contributed by atoms with Crippen LogP contribution in [0.5, 0.6) is 0 Å². The normalized spacial score (nSPS) is 43.0. The highest BCUT2D eigenvalue weighted by Gasteiger charge is 2.58. The topological polar surface area (TPSA) is 156 Å². The number of hydrogen-bond donors (Lipinski definition) is 0. The average molecular weight is 708 g/mol. The molecule has 1 saturated carbocycles. The third kappa shape index (κ3) is 8.94. The van der Waals surface area contributed by atoms with E-state index in [9.17, 15) is 24.0 Å². The highest BCUT2D eigenvalue weighted by Crippen LogP contribution is 2.50. The molecule has 3 fully saturated rings. The second kappa shape index (κ2) is 15.8. The number of esters is 4. The van der Waals surface area contributed by atoms with Gasteiger partial charge in [-0.2, -0.15) is 0 Å². The summed E-state index contributed by atoms with van der Waals surface area (Å²) in [6.07, 6.45) is -0.917. The smallest absolute Gasteiger partial charge is 0.309 e. The first-order chi connectivity index (χ1) is 23.3. The molecular formula is C37H57NO12. The first-order valence-corrected chi connectivity index (χ1v) is 17.9. The number of cyclic esters (lactones) is 1. The van der Waals surface area contributed by atoms with Crippen LogP contribution in [-0.4, -0.2) is 109 Å². The number of hydrogen-bond acceptors (Lipinski definition) is 13. The van der Waals surface area contributed by atoms with Gasteiger partial charge in [0.15, 0.2) is 18.2 Å². The van der Waals surface area contributed by atoms with E-state index in [0.29, 0.717) is 12.8 Å². The largest absolute Gasteiger partial charge is 0.462 e. The van der Waals surface area contributed by atoms with Gasteiger partial charge in [0.2, 0.25) is 0 Å². The van der Waals surface area contributed by atoms with Crippen LogP contribution in [0.4, 0.5) is 0 Å². The average Bonchev–Trinajstić information content (AvgIpc) is 3.58. The van der Waals surface area contributed by atoms with Gasteiger partial charge in [-0.3, -0.25) is 24.0 Å². The van der Waals surface area contributed by atoms with Crippen LogP contribution in [0.25, 0.3) is 0 Å². The molecule has 4 aliphatic rings. The Bertz CT molecular complexity index is 1320. The quantitative estimate of drug-likeness (QED) is 0.213. The summed E-state index contributed by atoms with van der Waals surface area (Å²) >= 11 is 0. The van der Waals surface area contributed by atoms with Crippen LogP contribution in [-0.2, 0) is 57.1 Å². The van der Waals surface area contributed by atoms with Crippen molar-refractivity contribution in [3.05, 3.63) is 12.2 Å². The molecule has 3 aliphatic heterocycles. The maximum absolute atomic E-state index is 14.2. The lowest BCUT2D eigenvalue weighted by Gasteiger charge is -2.45. The lowest BCUT2D eigenvalue weighted by Crippen LogP contribution is -2.57. The van der Waals surface area contributed by atoms with Gasteiger partial charge in [0, 0.05) is 32.6 Å². The van der Waals surface area contributed by atoms with Crippen molar-refractivity contribution in [3.8, 4) is 0 Å². The van der Waals surface area contributed by atoms with Crippen molar-refractivity contribution in [2.75, 3.05) is 14.1 Å². The van der Waals surface area contributed by atoms with Crippen molar-refractivity contribution in [2.24, 2.45) is 23.2 Å². The van der Waals surface area contributed by atoms with Crippen LogP contribution in [0.3, 0.4) is 0 Å². The zero-order chi connectivity index (χ0) is 37.3. The molecule has 1 aliphatic carbocycles.